The lowest BCUT2D eigenvalue weighted by atomic mass is 9.65. The van der Waals surface area contributed by atoms with Crippen LogP contribution in [0, 0.1) is 5.92 Å². The normalized spacial score (nSPS) is 16.7. The highest BCUT2D eigenvalue weighted by Crippen LogP contribution is 2.54. The largest absolute Gasteiger partial charge is 0.508 e. The monoisotopic (exact) mass is 760 g/mol. The van der Waals surface area contributed by atoms with Crippen molar-refractivity contribution in [2.24, 2.45) is 5.92 Å². The summed E-state index contributed by atoms with van der Waals surface area (Å²) in [5.41, 5.74) is 1.94. The van der Waals surface area contributed by atoms with Crippen LogP contribution in [0.15, 0.2) is 98.8 Å². The van der Waals surface area contributed by atoms with Crippen molar-refractivity contribution in [3.8, 4) is 57.3 Å². The Morgan fingerprint density at radius 3 is 1.98 bits per heavy atom. The van der Waals surface area contributed by atoms with Gasteiger partial charge in [0.15, 0.2) is 5.78 Å². The van der Waals surface area contributed by atoms with Crippen molar-refractivity contribution in [3.05, 3.63) is 128 Å². The Labute approximate surface area is 322 Å². The van der Waals surface area contributed by atoms with Gasteiger partial charge in [0.05, 0.1) is 11.1 Å². The average molecular weight is 761 g/mol. The number of phenols is 8. The Bertz CT molecular complexity index is 2550. The highest BCUT2D eigenvalue weighted by molar-refractivity contribution is 6.02. The molecule has 290 valence electrons. The van der Waals surface area contributed by atoms with Crippen LogP contribution in [-0.2, 0) is 12.8 Å². The standard InChI is InChI=1S/C45H44O11/c1-21(2)6-10-27-33(48)15-14-29(41(27)53)42(54)32-17-23(5)16-31(38(32)26-12-8-24(46)18-34(26)49)39-36(51)20-37(52)40-43(55)30(11-7-22(3)4)44(56-45(39)40)28-13-9-25(47)19-35(28)50/h6-9,12-16,18-20,31-32,38,46-53H,10-11,17H2,1-5H3/t31-,32+,38+/m0/s1. The number of aromatic hydroxyl groups is 8. The summed E-state index contributed by atoms with van der Waals surface area (Å²) in [5, 5.41) is 87.5. The molecule has 11 nitrogen and oxygen atoms in total. The van der Waals surface area contributed by atoms with E-state index < -0.39 is 52.0 Å². The first kappa shape index (κ1) is 39.1. The van der Waals surface area contributed by atoms with Crippen molar-refractivity contribution in [1.29, 1.82) is 0 Å². The van der Waals surface area contributed by atoms with Gasteiger partial charge in [-0.15, -0.1) is 0 Å². The maximum Gasteiger partial charge on any atom is 0.200 e. The number of phenolic OH excluding ortho intramolecular Hbond substituents is 8. The molecule has 0 fully saturated rings. The number of ketones is 1. The van der Waals surface area contributed by atoms with Crippen LogP contribution in [0.5, 0.6) is 46.0 Å². The molecule has 1 aromatic heterocycles. The van der Waals surface area contributed by atoms with Gasteiger partial charge in [0.25, 0.3) is 0 Å². The zero-order chi connectivity index (χ0) is 40.7. The molecule has 3 atom stereocenters. The summed E-state index contributed by atoms with van der Waals surface area (Å²) in [4.78, 5) is 29.3. The fourth-order valence-electron chi connectivity index (χ4n) is 7.61. The lowest BCUT2D eigenvalue weighted by molar-refractivity contribution is 0.0884. The highest BCUT2D eigenvalue weighted by atomic mass is 16.3. The van der Waals surface area contributed by atoms with Crippen molar-refractivity contribution in [2.75, 3.05) is 0 Å². The summed E-state index contributed by atoms with van der Waals surface area (Å²) >= 11 is 0. The van der Waals surface area contributed by atoms with E-state index in [4.69, 9.17) is 4.42 Å². The second-order valence-electron chi connectivity index (χ2n) is 14.9. The van der Waals surface area contributed by atoms with Gasteiger partial charge in [0.2, 0.25) is 5.43 Å². The molecule has 0 aliphatic heterocycles. The first-order valence-corrected chi connectivity index (χ1v) is 18.1. The van der Waals surface area contributed by atoms with Crippen molar-refractivity contribution in [3.63, 3.8) is 0 Å². The van der Waals surface area contributed by atoms with Crippen LogP contribution in [0.2, 0.25) is 0 Å². The molecule has 0 amide bonds. The quantitative estimate of drug-likeness (QED) is 0.0526. The second kappa shape index (κ2) is 15.3. The third-order valence-corrected chi connectivity index (χ3v) is 10.3. The summed E-state index contributed by atoms with van der Waals surface area (Å²) in [7, 11) is 0. The van der Waals surface area contributed by atoms with Crippen LogP contribution in [0.4, 0.5) is 0 Å². The lowest BCUT2D eigenvalue weighted by Crippen LogP contribution is -2.30. The Hall–Kier alpha value is -6.62. The molecule has 0 radical (unpaired) electrons. The van der Waals surface area contributed by atoms with Gasteiger partial charge in [0.1, 0.15) is 62.7 Å². The van der Waals surface area contributed by atoms with Gasteiger partial charge in [-0.2, -0.15) is 0 Å². The van der Waals surface area contributed by atoms with Gasteiger partial charge in [-0.05, 0) is 89.8 Å². The van der Waals surface area contributed by atoms with E-state index in [-0.39, 0.29) is 92.4 Å². The molecular weight excluding hydrogens is 716 g/mol. The molecular formula is C45H44O11. The zero-order valence-electron chi connectivity index (χ0n) is 31.6. The van der Waals surface area contributed by atoms with E-state index in [0.717, 1.165) is 29.3 Å². The van der Waals surface area contributed by atoms with E-state index in [1.54, 1.807) is 25.2 Å². The van der Waals surface area contributed by atoms with Gasteiger partial charge >= 0.3 is 0 Å². The number of carbonyl (C=O) groups is 1. The molecule has 1 heterocycles. The number of hydrogen-bond acceptors (Lipinski definition) is 11. The summed E-state index contributed by atoms with van der Waals surface area (Å²) in [6.07, 6.45) is 5.65. The average Bonchev–Trinajstić information content (AvgIpc) is 3.10. The molecule has 11 heteroatoms. The summed E-state index contributed by atoms with van der Waals surface area (Å²) in [6, 6.07) is 11.3. The van der Waals surface area contributed by atoms with E-state index in [0.29, 0.717) is 5.57 Å². The number of carbonyl (C=O) groups excluding carboxylic acids is 1. The van der Waals surface area contributed by atoms with Crippen LogP contribution in [0.3, 0.4) is 0 Å². The highest BCUT2D eigenvalue weighted by Gasteiger charge is 2.43. The minimum atomic E-state index is -1.05. The van der Waals surface area contributed by atoms with Gasteiger partial charge < -0.3 is 45.3 Å². The predicted molar refractivity (Wildman–Crippen MR) is 212 cm³/mol. The molecule has 0 bridgehead atoms. The molecule has 0 unspecified atom stereocenters. The van der Waals surface area contributed by atoms with Crippen LogP contribution in [0.1, 0.15) is 85.5 Å². The smallest absolute Gasteiger partial charge is 0.200 e. The molecule has 1 aliphatic rings. The molecule has 56 heavy (non-hydrogen) atoms. The molecule has 6 rings (SSSR count). The fourth-order valence-corrected chi connectivity index (χ4v) is 7.61. The number of benzene rings is 4. The molecule has 0 saturated carbocycles. The summed E-state index contributed by atoms with van der Waals surface area (Å²) in [5.74, 6) is -6.71. The predicted octanol–water partition coefficient (Wildman–Crippen LogP) is 8.84. The zero-order valence-corrected chi connectivity index (χ0v) is 31.6. The Morgan fingerprint density at radius 2 is 1.36 bits per heavy atom. The van der Waals surface area contributed by atoms with Crippen molar-refractivity contribution >= 4 is 16.8 Å². The lowest BCUT2D eigenvalue weighted by Gasteiger charge is -2.37. The van der Waals surface area contributed by atoms with E-state index in [9.17, 15) is 50.4 Å². The third-order valence-electron chi connectivity index (χ3n) is 10.3. The summed E-state index contributed by atoms with van der Waals surface area (Å²) < 4.78 is 6.52. The molecule has 8 N–H and O–H groups in total. The van der Waals surface area contributed by atoms with Crippen molar-refractivity contribution in [2.45, 2.75) is 65.7 Å². The van der Waals surface area contributed by atoms with E-state index >= 15 is 0 Å². The van der Waals surface area contributed by atoms with Crippen molar-refractivity contribution < 1.29 is 50.1 Å². The van der Waals surface area contributed by atoms with Gasteiger partial charge in [-0.1, -0.05) is 41.0 Å². The molecule has 0 spiro atoms. The maximum atomic E-state index is 14.8. The van der Waals surface area contributed by atoms with Crippen molar-refractivity contribution in [1.82, 2.24) is 0 Å². The Kier molecular flexibility index (Phi) is 10.6. The first-order valence-electron chi connectivity index (χ1n) is 18.1. The van der Waals surface area contributed by atoms with E-state index in [2.05, 4.69) is 0 Å². The van der Waals surface area contributed by atoms with Gasteiger partial charge in [0, 0.05) is 52.6 Å². The summed E-state index contributed by atoms with van der Waals surface area (Å²) in [6.45, 7) is 9.17. The SMILES string of the molecule is CC(C)=CCc1c(O)ccc(C(=O)[C@@H]2CC(C)=C[C@H](c3c(O)cc(O)c4c(=O)c(CC=C(C)C)c(-c5ccc(O)cc5O)oc34)[C@H]2c2ccc(O)cc2O)c1O. The molecule has 0 saturated heterocycles. The van der Waals surface area contributed by atoms with E-state index in [1.807, 2.05) is 27.7 Å². The number of Topliss-reactive ketones (excluding diaryl/α,β-unsaturated/α-hetero) is 1. The minimum Gasteiger partial charge on any atom is -0.508 e. The van der Waals surface area contributed by atoms with Crippen LogP contribution in [-0.4, -0.2) is 46.6 Å². The van der Waals surface area contributed by atoms with E-state index in [1.165, 1.54) is 36.4 Å². The maximum absolute atomic E-state index is 14.8. The molecule has 1 aliphatic carbocycles. The van der Waals surface area contributed by atoms with Crippen LogP contribution < -0.4 is 5.43 Å². The van der Waals surface area contributed by atoms with Gasteiger partial charge in [-0.3, -0.25) is 9.59 Å². The van der Waals surface area contributed by atoms with Crippen LogP contribution >= 0.6 is 0 Å². The third kappa shape index (κ3) is 7.27. The molecule has 5 aromatic rings. The minimum absolute atomic E-state index is 0.0170. The second-order valence-corrected chi connectivity index (χ2v) is 14.9. The number of rotatable bonds is 9. The number of hydrogen-bond donors (Lipinski definition) is 8. The fraction of sp³-hybridized carbons (Fsp3) is 0.244. The first-order chi connectivity index (χ1) is 26.5. The molecule has 4 aromatic carbocycles. The number of allylic oxidation sites excluding steroid dienone is 6. The van der Waals surface area contributed by atoms with Crippen LogP contribution in [0.25, 0.3) is 22.3 Å². The Morgan fingerprint density at radius 1 is 0.732 bits per heavy atom. The topological polar surface area (TPSA) is 209 Å². The Balaban J connectivity index is 1.66. The number of fused-ring (bicyclic) bond motifs is 1. The van der Waals surface area contributed by atoms with Gasteiger partial charge in [-0.25, -0.2) is 0 Å².